The molecule has 5 nitrogen and oxygen atoms in total. The number of carbonyl (C=O) groups is 1. The lowest BCUT2D eigenvalue weighted by Gasteiger charge is -2.15. The minimum atomic E-state index is -4.81. The molecule has 8 heteroatoms. The Morgan fingerprint density at radius 3 is 2.25 bits per heavy atom. The molecule has 0 bridgehead atoms. The second-order valence-electron chi connectivity index (χ2n) is 5.02. The summed E-state index contributed by atoms with van der Waals surface area (Å²) in [6.45, 7) is 0. The van der Waals surface area contributed by atoms with Crippen LogP contribution in [0.2, 0.25) is 0 Å². The lowest BCUT2D eigenvalue weighted by atomic mass is 9.91. The molecule has 1 aliphatic carbocycles. The molecule has 0 radical (unpaired) electrons. The van der Waals surface area contributed by atoms with Gasteiger partial charge in [-0.15, -0.1) is 13.2 Å². The molecular weight excluding hydrogens is 275 g/mol. The van der Waals surface area contributed by atoms with Gasteiger partial charge in [-0.05, 0) is 18.8 Å². The van der Waals surface area contributed by atoms with E-state index in [1.807, 2.05) is 0 Å². The Kier molecular flexibility index (Phi) is 3.92. The molecule has 0 spiro atoms. The van der Waals surface area contributed by atoms with Gasteiger partial charge in [0.2, 0.25) is 0 Å². The summed E-state index contributed by atoms with van der Waals surface area (Å²) >= 11 is 0. The van der Waals surface area contributed by atoms with Crippen LogP contribution < -0.4 is 5.73 Å². The second kappa shape index (κ2) is 5.34. The minimum absolute atomic E-state index is 0.0386. The van der Waals surface area contributed by atoms with Crippen LogP contribution in [0.5, 0.6) is 0 Å². The molecule has 1 aromatic rings. The zero-order valence-electron chi connectivity index (χ0n) is 10.8. The first-order valence-corrected chi connectivity index (χ1v) is 6.51. The number of aromatic nitrogens is 2. The van der Waals surface area contributed by atoms with Gasteiger partial charge in [-0.1, -0.05) is 25.7 Å². The average molecular weight is 291 g/mol. The summed E-state index contributed by atoms with van der Waals surface area (Å²) in [5.41, 5.74) is 4.99. The largest absolute Gasteiger partial charge is 0.506 e. The summed E-state index contributed by atoms with van der Waals surface area (Å²) in [6, 6.07) is 0. The number of alkyl halides is 3. The van der Waals surface area contributed by atoms with Crippen LogP contribution >= 0.6 is 0 Å². The van der Waals surface area contributed by atoms with Gasteiger partial charge in [-0.3, -0.25) is 0 Å². The van der Waals surface area contributed by atoms with Crippen molar-refractivity contribution < 1.29 is 23.1 Å². The van der Waals surface area contributed by atoms with E-state index >= 15 is 0 Å². The molecule has 112 valence electrons. The first kappa shape index (κ1) is 14.7. The van der Waals surface area contributed by atoms with E-state index in [9.17, 15) is 18.0 Å². The fourth-order valence-electron chi connectivity index (χ4n) is 2.76. The lowest BCUT2D eigenvalue weighted by Crippen LogP contribution is -2.21. The zero-order valence-corrected chi connectivity index (χ0v) is 10.8. The van der Waals surface area contributed by atoms with Gasteiger partial charge in [-0.2, -0.15) is 9.78 Å². The smallest absolute Gasteiger partial charge is 0.476 e. The molecule has 0 aromatic carbocycles. The molecule has 20 heavy (non-hydrogen) atoms. The molecule has 3 N–H and O–H groups in total. The Labute approximate surface area is 113 Å². The third kappa shape index (κ3) is 2.73. The third-order valence-corrected chi connectivity index (χ3v) is 3.67. The van der Waals surface area contributed by atoms with Crippen molar-refractivity contribution in [3.63, 3.8) is 0 Å². The maximum atomic E-state index is 12.8. The minimum Gasteiger partial charge on any atom is -0.476 e. The number of anilines is 1. The molecule has 0 unspecified atom stereocenters. The fraction of sp³-hybridized carbons (Fsp3) is 0.667. The first-order valence-electron chi connectivity index (χ1n) is 6.51. The van der Waals surface area contributed by atoms with Gasteiger partial charge in [0.05, 0.1) is 0 Å². The Balaban J connectivity index is 2.49. The number of nitrogen functional groups attached to an aromatic ring is 1. The van der Waals surface area contributed by atoms with Gasteiger partial charge in [0.15, 0.2) is 5.69 Å². The van der Waals surface area contributed by atoms with E-state index in [0.29, 0.717) is 12.8 Å². The van der Waals surface area contributed by atoms with Crippen LogP contribution in [-0.4, -0.2) is 20.9 Å². The van der Waals surface area contributed by atoms with Gasteiger partial charge in [0.25, 0.3) is 0 Å². The van der Waals surface area contributed by atoms with Crippen LogP contribution in [0.3, 0.4) is 0 Å². The monoisotopic (exact) mass is 291 g/mol. The standard InChI is InChI=1S/C12H16F3N3O2/c13-12(14,15)18-10(16)8(9(17-18)11(19)20)7-5-3-1-2-4-6-7/h7H,1-6,16H2,(H,19,20). The van der Waals surface area contributed by atoms with Crippen LogP contribution in [-0.2, 0) is 6.30 Å². The second-order valence-corrected chi connectivity index (χ2v) is 5.02. The van der Waals surface area contributed by atoms with Crippen molar-refractivity contribution in [1.29, 1.82) is 0 Å². The predicted octanol–water partition coefficient (Wildman–Crippen LogP) is 3.08. The van der Waals surface area contributed by atoms with E-state index in [4.69, 9.17) is 10.8 Å². The van der Waals surface area contributed by atoms with E-state index in [0.717, 1.165) is 25.7 Å². The highest BCUT2D eigenvalue weighted by Gasteiger charge is 2.39. The molecule has 1 aromatic heterocycles. The number of halogens is 3. The van der Waals surface area contributed by atoms with Gasteiger partial charge >= 0.3 is 12.3 Å². The molecular formula is C12H16F3N3O2. The van der Waals surface area contributed by atoms with E-state index in [-0.39, 0.29) is 16.2 Å². The lowest BCUT2D eigenvalue weighted by molar-refractivity contribution is -0.210. The van der Waals surface area contributed by atoms with Gasteiger partial charge in [0.1, 0.15) is 5.82 Å². The Hall–Kier alpha value is -1.73. The predicted molar refractivity (Wildman–Crippen MR) is 65.3 cm³/mol. The zero-order chi connectivity index (χ0) is 14.9. The summed E-state index contributed by atoms with van der Waals surface area (Å²) in [5.74, 6) is -2.33. The molecule has 1 heterocycles. The summed E-state index contributed by atoms with van der Waals surface area (Å²) in [6.07, 6.45) is 0.221. The average Bonchev–Trinajstić information content (AvgIpc) is 2.54. The maximum absolute atomic E-state index is 12.8. The summed E-state index contributed by atoms with van der Waals surface area (Å²) in [5, 5.41) is 12.2. The van der Waals surface area contributed by atoms with E-state index in [1.165, 1.54) is 0 Å². The van der Waals surface area contributed by atoms with Crippen LogP contribution in [0.25, 0.3) is 0 Å². The first-order chi connectivity index (χ1) is 9.32. The number of rotatable bonds is 2. The molecule has 0 amide bonds. The summed E-state index contributed by atoms with van der Waals surface area (Å²) in [4.78, 5) is 11.1. The van der Waals surface area contributed by atoms with Crippen LogP contribution in [0.1, 0.15) is 60.5 Å². The topological polar surface area (TPSA) is 81.1 Å². The fourth-order valence-corrected chi connectivity index (χ4v) is 2.76. The van der Waals surface area contributed by atoms with E-state index in [2.05, 4.69) is 5.10 Å². The number of carboxylic acid groups (broad SMARTS) is 1. The van der Waals surface area contributed by atoms with Crippen molar-refractivity contribution in [2.75, 3.05) is 5.73 Å². The van der Waals surface area contributed by atoms with E-state index in [1.54, 1.807) is 0 Å². The molecule has 0 atom stereocenters. The third-order valence-electron chi connectivity index (χ3n) is 3.67. The normalized spacial score (nSPS) is 17.9. The maximum Gasteiger partial charge on any atom is 0.506 e. The number of hydrogen-bond acceptors (Lipinski definition) is 3. The SMILES string of the molecule is Nc1c(C2CCCCCC2)c(C(=O)O)nn1C(F)(F)F. The highest BCUT2D eigenvalue weighted by atomic mass is 19.4. The van der Waals surface area contributed by atoms with Crippen molar-refractivity contribution in [1.82, 2.24) is 9.78 Å². The van der Waals surface area contributed by atoms with Crippen molar-refractivity contribution in [2.24, 2.45) is 0 Å². The van der Waals surface area contributed by atoms with Crippen molar-refractivity contribution in [3.8, 4) is 0 Å². The van der Waals surface area contributed by atoms with Crippen molar-refractivity contribution >= 4 is 11.8 Å². The Morgan fingerprint density at radius 2 is 1.80 bits per heavy atom. The Bertz CT molecular complexity index is 503. The van der Waals surface area contributed by atoms with Gasteiger partial charge in [0, 0.05) is 5.56 Å². The van der Waals surface area contributed by atoms with Crippen molar-refractivity contribution in [2.45, 2.75) is 50.7 Å². The summed E-state index contributed by atoms with van der Waals surface area (Å²) < 4.78 is 38.0. The highest BCUT2D eigenvalue weighted by Crippen LogP contribution is 2.39. The van der Waals surface area contributed by atoms with E-state index < -0.39 is 23.8 Å². The molecule has 1 aliphatic rings. The number of nitrogens with zero attached hydrogens (tertiary/aromatic N) is 2. The quantitative estimate of drug-likeness (QED) is 0.820. The highest BCUT2D eigenvalue weighted by molar-refractivity contribution is 5.89. The number of nitrogens with two attached hydrogens (primary N) is 1. The van der Waals surface area contributed by atoms with Crippen LogP contribution in [0.4, 0.5) is 19.0 Å². The molecule has 0 aliphatic heterocycles. The number of hydrogen-bond donors (Lipinski definition) is 2. The Morgan fingerprint density at radius 1 is 1.25 bits per heavy atom. The van der Waals surface area contributed by atoms with Crippen LogP contribution in [0, 0.1) is 0 Å². The van der Waals surface area contributed by atoms with Crippen molar-refractivity contribution in [3.05, 3.63) is 11.3 Å². The number of aromatic carboxylic acids is 1. The van der Waals surface area contributed by atoms with Gasteiger partial charge in [-0.25, -0.2) is 4.79 Å². The van der Waals surface area contributed by atoms with Crippen LogP contribution in [0.15, 0.2) is 0 Å². The molecule has 1 fully saturated rings. The molecule has 1 saturated carbocycles. The van der Waals surface area contributed by atoms with Gasteiger partial charge < -0.3 is 10.8 Å². The molecule has 2 rings (SSSR count). The molecule has 0 saturated heterocycles. The summed E-state index contributed by atoms with van der Waals surface area (Å²) in [7, 11) is 0. The number of carboxylic acids is 1.